The number of fused-ring (bicyclic) bond motifs is 1. The molecule has 2 aromatic heterocycles. The number of aryl methyl sites for hydroxylation is 2. The third kappa shape index (κ3) is 3.37. The lowest BCUT2D eigenvalue weighted by atomic mass is 10.3. The van der Waals surface area contributed by atoms with Crippen molar-refractivity contribution in [1.82, 2.24) is 14.5 Å². The number of hydrogen-bond acceptors (Lipinski definition) is 5. The van der Waals surface area contributed by atoms with Crippen molar-refractivity contribution in [3.63, 3.8) is 0 Å². The van der Waals surface area contributed by atoms with E-state index in [2.05, 4.69) is 16.9 Å². The molecule has 0 aliphatic carbocycles. The predicted molar refractivity (Wildman–Crippen MR) is 97.0 cm³/mol. The Balaban J connectivity index is 1.92. The van der Waals surface area contributed by atoms with Gasteiger partial charge in [0.25, 0.3) is 0 Å². The van der Waals surface area contributed by atoms with Crippen LogP contribution in [0.5, 0.6) is 0 Å². The lowest BCUT2D eigenvalue weighted by molar-refractivity contribution is 0.571. The van der Waals surface area contributed by atoms with Gasteiger partial charge in [0.05, 0.1) is 21.7 Å². The van der Waals surface area contributed by atoms with Crippen LogP contribution in [0.1, 0.15) is 37.4 Å². The Morgan fingerprint density at radius 3 is 2.71 bits per heavy atom. The van der Waals surface area contributed by atoms with Crippen molar-refractivity contribution < 1.29 is 8.42 Å². The van der Waals surface area contributed by atoms with Gasteiger partial charge in [-0.3, -0.25) is 0 Å². The van der Waals surface area contributed by atoms with Crippen LogP contribution in [-0.4, -0.2) is 23.0 Å². The monoisotopic (exact) mass is 363 g/mol. The fourth-order valence-electron chi connectivity index (χ4n) is 2.71. The summed E-state index contributed by atoms with van der Waals surface area (Å²) in [5.74, 6) is -0.0983. The molecular formula is C17H21N3O2S2. The van der Waals surface area contributed by atoms with E-state index < -0.39 is 9.84 Å². The lowest BCUT2D eigenvalue weighted by Gasteiger charge is -2.06. The van der Waals surface area contributed by atoms with Crippen molar-refractivity contribution in [1.29, 1.82) is 0 Å². The molecule has 24 heavy (non-hydrogen) atoms. The normalized spacial score (nSPS) is 12.1. The van der Waals surface area contributed by atoms with Crippen LogP contribution in [0.15, 0.2) is 34.8 Å². The fourth-order valence-corrected chi connectivity index (χ4v) is 5.13. The van der Waals surface area contributed by atoms with Gasteiger partial charge in [0.2, 0.25) is 15.0 Å². The zero-order valence-electron chi connectivity index (χ0n) is 13.9. The second-order valence-corrected chi connectivity index (χ2v) is 8.55. The predicted octanol–water partition coefficient (Wildman–Crippen LogP) is 3.83. The van der Waals surface area contributed by atoms with E-state index in [1.54, 1.807) is 4.57 Å². The highest BCUT2D eigenvalue weighted by atomic mass is 32.2. The summed E-state index contributed by atoms with van der Waals surface area (Å²) in [5, 5.41) is 2.99. The molecule has 0 saturated heterocycles. The highest BCUT2D eigenvalue weighted by molar-refractivity contribution is 7.90. The molecular weight excluding hydrogens is 342 g/mol. The number of thiazole rings is 1. The van der Waals surface area contributed by atoms with Crippen molar-refractivity contribution in [2.24, 2.45) is 0 Å². The molecule has 0 fully saturated rings. The van der Waals surface area contributed by atoms with Gasteiger partial charge < -0.3 is 4.57 Å². The van der Waals surface area contributed by atoms with E-state index >= 15 is 0 Å². The molecule has 0 radical (unpaired) electrons. The second kappa shape index (κ2) is 7.03. The van der Waals surface area contributed by atoms with E-state index in [9.17, 15) is 8.42 Å². The van der Waals surface area contributed by atoms with E-state index in [0.717, 1.165) is 29.8 Å². The van der Waals surface area contributed by atoms with Crippen molar-refractivity contribution in [3.8, 4) is 0 Å². The minimum atomic E-state index is -3.53. The SMILES string of the molecule is CCCCc1nc(CS(=O)(=O)c2nc3ccccc3n2CC)cs1. The van der Waals surface area contributed by atoms with Crippen molar-refractivity contribution in [3.05, 3.63) is 40.3 Å². The van der Waals surface area contributed by atoms with E-state index in [1.165, 1.54) is 11.3 Å². The molecule has 7 heteroatoms. The Kier molecular flexibility index (Phi) is 5.01. The maximum Gasteiger partial charge on any atom is 0.229 e. The molecule has 0 atom stereocenters. The van der Waals surface area contributed by atoms with Crippen LogP contribution in [0.3, 0.4) is 0 Å². The van der Waals surface area contributed by atoms with E-state index in [-0.39, 0.29) is 10.9 Å². The quantitative estimate of drug-likeness (QED) is 0.640. The van der Waals surface area contributed by atoms with Gasteiger partial charge >= 0.3 is 0 Å². The number of benzene rings is 1. The summed E-state index contributed by atoms with van der Waals surface area (Å²) >= 11 is 1.54. The number of sulfone groups is 1. The zero-order valence-corrected chi connectivity index (χ0v) is 15.5. The number of rotatable bonds is 7. The molecule has 0 spiro atoms. The van der Waals surface area contributed by atoms with Gasteiger partial charge in [-0.1, -0.05) is 25.5 Å². The highest BCUT2D eigenvalue weighted by Gasteiger charge is 2.24. The number of aromatic nitrogens is 3. The molecule has 0 N–H and O–H groups in total. The average molecular weight is 364 g/mol. The Morgan fingerprint density at radius 2 is 1.96 bits per heavy atom. The van der Waals surface area contributed by atoms with Crippen molar-refractivity contribution in [2.75, 3.05) is 0 Å². The average Bonchev–Trinajstić information content (AvgIpc) is 3.16. The van der Waals surface area contributed by atoms with E-state index in [4.69, 9.17) is 0 Å². The summed E-state index contributed by atoms with van der Waals surface area (Å²) in [5.41, 5.74) is 2.17. The molecule has 0 aliphatic rings. The molecule has 0 amide bonds. The van der Waals surface area contributed by atoms with Gasteiger partial charge in [0.15, 0.2) is 0 Å². The topological polar surface area (TPSA) is 64.8 Å². The minimum absolute atomic E-state index is 0.0983. The zero-order chi connectivity index (χ0) is 17.2. The van der Waals surface area contributed by atoms with Crippen LogP contribution in [0.2, 0.25) is 0 Å². The van der Waals surface area contributed by atoms with Crippen LogP contribution in [0, 0.1) is 0 Å². The summed E-state index contributed by atoms with van der Waals surface area (Å²) in [4.78, 5) is 8.83. The maximum absolute atomic E-state index is 12.9. The molecule has 0 aliphatic heterocycles. The van der Waals surface area contributed by atoms with E-state index in [0.29, 0.717) is 17.8 Å². The Morgan fingerprint density at radius 1 is 1.17 bits per heavy atom. The standard InChI is InChI=1S/C17H21N3O2S2/c1-3-5-10-16-18-13(11-23-16)12-24(21,22)17-19-14-8-6-7-9-15(14)20(17)4-2/h6-9,11H,3-5,10,12H2,1-2H3. The lowest BCUT2D eigenvalue weighted by Crippen LogP contribution is -2.12. The summed E-state index contributed by atoms with van der Waals surface area (Å²) in [6, 6.07) is 7.50. The van der Waals surface area contributed by atoms with Crippen LogP contribution in [-0.2, 0) is 28.6 Å². The molecule has 1 aromatic carbocycles. The number of para-hydroxylation sites is 2. The third-order valence-electron chi connectivity index (χ3n) is 3.90. The summed E-state index contributed by atoms with van der Waals surface area (Å²) in [6.07, 6.45) is 3.09. The molecule has 3 aromatic rings. The van der Waals surface area contributed by atoms with Gasteiger partial charge in [0.1, 0.15) is 5.75 Å². The first-order chi connectivity index (χ1) is 11.5. The smallest absolute Gasteiger partial charge is 0.229 e. The van der Waals surface area contributed by atoms with Crippen LogP contribution < -0.4 is 0 Å². The number of hydrogen-bond donors (Lipinski definition) is 0. The van der Waals surface area contributed by atoms with Crippen LogP contribution in [0.4, 0.5) is 0 Å². The molecule has 3 rings (SSSR count). The first-order valence-corrected chi connectivity index (χ1v) is 10.7. The van der Waals surface area contributed by atoms with Crippen LogP contribution in [0.25, 0.3) is 11.0 Å². The van der Waals surface area contributed by atoms with Crippen molar-refractivity contribution in [2.45, 2.75) is 50.6 Å². The Labute approximate surface area is 146 Å². The molecule has 5 nitrogen and oxygen atoms in total. The van der Waals surface area contributed by atoms with Crippen LogP contribution >= 0.6 is 11.3 Å². The summed E-state index contributed by atoms with van der Waals surface area (Å²) in [7, 11) is -3.53. The van der Waals surface area contributed by atoms with Gasteiger partial charge in [-0.2, -0.15) is 0 Å². The summed E-state index contributed by atoms with van der Waals surface area (Å²) < 4.78 is 27.5. The molecule has 0 bridgehead atoms. The molecule has 128 valence electrons. The highest BCUT2D eigenvalue weighted by Crippen LogP contribution is 2.23. The fraction of sp³-hybridized carbons (Fsp3) is 0.412. The number of imidazole rings is 1. The van der Waals surface area contributed by atoms with Gasteiger partial charge in [-0.05, 0) is 31.9 Å². The Hall–Kier alpha value is -1.73. The second-order valence-electron chi connectivity index (χ2n) is 5.72. The minimum Gasteiger partial charge on any atom is -0.315 e. The number of unbranched alkanes of at least 4 members (excludes halogenated alkanes) is 1. The van der Waals surface area contributed by atoms with E-state index in [1.807, 2.05) is 36.6 Å². The van der Waals surface area contributed by atoms with Gasteiger partial charge in [-0.25, -0.2) is 18.4 Å². The Bertz CT molecular complexity index is 942. The molecule has 0 unspecified atom stereocenters. The molecule has 2 heterocycles. The summed E-state index contributed by atoms with van der Waals surface area (Å²) in [6.45, 7) is 4.63. The van der Waals surface area contributed by atoms with Gasteiger partial charge in [0, 0.05) is 11.9 Å². The van der Waals surface area contributed by atoms with Crippen molar-refractivity contribution >= 4 is 32.2 Å². The first-order valence-electron chi connectivity index (χ1n) is 8.16. The van der Waals surface area contributed by atoms with Gasteiger partial charge in [-0.15, -0.1) is 11.3 Å². The number of nitrogens with zero attached hydrogens (tertiary/aromatic N) is 3. The maximum atomic E-state index is 12.9. The molecule has 0 saturated carbocycles. The largest absolute Gasteiger partial charge is 0.315 e. The third-order valence-corrected chi connectivity index (χ3v) is 6.40. The first kappa shape index (κ1) is 17.1.